The summed E-state index contributed by atoms with van der Waals surface area (Å²) < 4.78 is 0. The molecule has 1 fully saturated rings. The summed E-state index contributed by atoms with van der Waals surface area (Å²) in [6.07, 6.45) is 2.15. The second-order valence-electron chi connectivity index (χ2n) is 4.92. The third kappa shape index (κ3) is 3.72. The van der Waals surface area contributed by atoms with Gasteiger partial charge in [0.05, 0.1) is 6.04 Å². The Balaban J connectivity index is 0.00000162. The summed E-state index contributed by atoms with van der Waals surface area (Å²) >= 11 is 0. The van der Waals surface area contributed by atoms with E-state index in [9.17, 15) is 4.79 Å². The number of nitrogens with zero attached hydrogens (tertiary/aromatic N) is 1. The Hall–Kier alpha value is -1.06. The molecule has 2 rings (SSSR count). The molecule has 1 aromatic carbocycles. The monoisotopic (exact) mass is 268 g/mol. The van der Waals surface area contributed by atoms with Crippen molar-refractivity contribution in [2.45, 2.75) is 25.8 Å². The summed E-state index contributed by atoms with van der Waals surface area (Å²) in [5, 5.41) is 0. The zero-order valence-electron chi connectivity index (χ0n) is 10.7. The lowest BCUT2D eigenvalue weighted by Gasteiger charge is -2.18. The van der Waals surface area contributed by atoms with Crippen LogP contribution in [0, 0.1) is 5.92 Å². The van der Waals surface area contributed by atoms with Crippen molar-refractivity contribution in [2.75, 3.05) is 13.1 Å². The minimum atomic E-state index is -0.370. The number of nitrogens with two attached hydrogens (primary N) is 1. The van der Waals surface area contributed by atoms with Gasteiger partial charge in [-0.25, -0.2) is 0 Å². The van der Waals surface area contributed by atoms with Gasteiger partial charge in [0.2, 0.25) is 5.91 Å². The minimum absolute atomic E-state index is 0. The topological polar surface area (TPSA) is 46.3 Å². The molecule has 4 heteroatoms. The lowest BCUT2D eigenvalue weighted by molar-refractivity contribution is -0.131. The number of hydrogen-bond donors (Lipinski definition) is 1. The Bertz CT molecular complexity index is 381. The molecule has 0 bridgehead atoms. The van der Waals surface area contributed by atoms with Crippen LogP contribution in [-0.4, -0.2) is 29.9 Å². The van der Waals surface area contributed by atoms with Gasteiger partial charge in [0.25, 0.3) is 0 Å². The summed E-state index contributed by atoms with van der Waals surface area (Å²) in [7, 11) is 0. The first-order valence-electron chi connectivity index (χ1n) is 6.25. The van der Waals surface area contributed by atoms with E-state index < -0.39 is 0 Å². The molecule has 1 amide bonds. The van der Waals surface area contributed by atoms with E-state index >= 15 is 0 Å². The molecule has 100 valence electrons. The first kappa shape index (κ1) is 15.0. The average Bonchev–Trinajstić information content (AvgIpc) is 2.77. The molecule has 0 saturated carbocycles. The zero-order valence-corrected chi connectivity index (χ0v) is 11.5. The smallest absolute Gasteiger partial charge is 0.239 e. The molecule has 3 nitrogen and oxygen atoms in total. The number of benzene rings is 1. The van der Waals surface area contributed by atoms with E-state index in [1.165, 1.54) is 5.56 Å². The lowest BCUT2D eigenvalue weighted by atomic mass is 9.99. The summed E-state index contributed by atoms with van der Waals surface area (Å²) in [5.74, 6) is 0.667. The van der Waals surface area contributed by atoms with E-state index in [0.29, 0.717) is 5.92 Å². The molecule has 0 aliphatic carbocycles. The predicted octanol–water partition coefficient (Wildman–Crippen LogP) is 1.85. The van der Waals surface area contributed by atoms with Gasteiger partial charge in [-0.15, -0.1) is 12.4 Å². The van der Waals surface area contributed by atoms with Crippen LogP contribution in [0.5, 0.6) is 0 Å². The normalized spacial score (nSPS) is 20.3. The minimum Gasteiger partial charge on any atom is -0.341 e. The van der Waals surface area contributed by atoms with Crippen molar-refractivity contribution in [3.05, 3.63) is 35.9 Å². The van der Waals surface area contributed by atoms with Crippen LogP contribution in [0.4, 0.5) is 0 Å². The zero-order chi connectivity index (χ0) is 12.3. The van der Waals surface area contributed by atoms with Crippen molar-refractivity contribution in [2.24, 2.45) is 11.7 Å². The third-order valence-corrected chi connectivity index (χ3v) is 3.35. The molecule has 1 aliphatic rings. The maximum atomic E-state index is 11.7. The van der Waals surface area contributed by atoms with Crippen molar-refractivity contribution in [3.63, 3.8) is 0 Å². The molecule has 1 aromatic rings. The van der Waals surface area contributed by atoms with Crippen LogP contribution in [-0.2, 0) is 11.2 Å². The first-order valence-corrected chi connectivity index (χ1v) is 6.25. The van der Waals surface area contributed by atoms with Crippen LogP contribution in [0.2, 0.25) is 0 Å². The highest BCUT2D eigenvalue weighted by Crippen LogP contribution is 2.21. The van der Waals surface area contributed by atoms with Crippen LogP contribution < -0.4 is 5.73 Å². The molecular weight excluding hydrogens is 248 g/mol. The number of hydrogen-bond acceptors (Lipinski definition) is 2. The number of carbonyl (C=O) groups excluding carboxylic acids is 1. The van der Waals surface area contributed by atoms with Crippen LogP contribution in [0.3, 0.4) is 0 Å². The van der Waals surface area contributed by atoms with Crippen molar-refractivity contribution in [3.8, 4) is 0 Å². The highest BCUT2D eigenvalue weighted by Gasteiger charge is 2.27. The Morgan fingerprint density at radius 1 is 1.44 bits per heavy atom. The number of amides is 1. The fraction of sp³-hybridized carbons (Fsp3) is 0.500. The van der Waals surface area contributed by atoms with Crippen LogP contribution >= 0.6 is 12.4 Å². The Morgan fingerprint density at radius 2 is 2.11 bits per heavy atom. The molecule has 2 atom stereocenters. The molecule has 1 heterocycles. The standard InChI is InChI=1S/C14H20N2O.ClH/c1-11(15)14(17)16-8-7-13(10-16)9-12-5-3-2-4-6-12;/h2-6,11,13H,7-10,15H2,1H3;1H/t11-,13?;/m1./s1. The van der Waals surface area contributed by atoms with E-state index in [4.69, 9.17) is 5.73 Å². The van der Waals surface area contributed by atoms with E-state index in [0.717, 1.165) is 25.9 Å². The Labute approximate surface area is 115 Å². The SMILES string of the molecule is C[C@@H](N)C(=O)N1CCC(Cc2ccccc2)C1.Cl. The van der Waals surface area contributed by atoms with Gasteiger partial charge >= 0.3 is 0 Å². The number of likely N-dealkylation sites (tertiary alicyclic amines) is 1. The molecule has 1 aliphatic heterocycles. The van der Waals surface area contributed by atoms with Gasteiger partial charge in [-0.3, -0.25) is 4.79 Å². The third-order valence-electron chi connectivity index (χ3n) is 3.35. The highest BCUT2D eigenvalue weighted by molar-refractivity contribution is 5.85. The van der Waals surface area contributed by atoms with Crippen molar-refractivity contribution >= 4 is 18.3 Å². The Morgan fingerprint density at radius 3 is 2.72 bits per heavy atom. The van der Waals surface area contributed by atoms with Crippen molar-refractivity contribution < 1.29 is 4.79 Å². The van der Waals surface area contributed by atoms with Gasteiger partial charge in [0, 0.05) is 13.1 Å². The molecule has 18 heavy (non-hydrogen) atoms. The largest absolute Gasteiger partial charge is 0.341 e. The van der Waals surface area contributed by atoms with Gasteiger partial charge in [-0.1, -0.05) is 30.3 Å². The van der Waals surface area contributed by atoms with Crippen LogP contribution in [0.25, 0.3) is 0 Å². The number of carbonyl (C=O) groups is 1. The Kier molecular flexibility index (Phi) is 5.63. The molecule has 0 aromatic heterocycles. The van der Waals surface area contributed by atoms with Gasteiger partial charge in [0.15, 0.2) is 0 Å². The highest BCUT2D eigenvalue weighted by atomic mass is 35.5. The van der Waals surface area contributed by atoms with Crippen molar-refractivity contribution in [1.82, 2.24) is 4.90 Å². The lowest BCUT2D eigenvalue weighted by Crippen LogP contribution is -2.40. The van der Waals surface area contributed by atoms with Gasteiger partial charge < -0.3 is 10.6 Å². The second-order valence-corrected chi connectivity index (χ2v) is 4.92. The molecular formula is C14H21ClN2O. The molecule has 0 radical (unpaired) electrons. The number of halogens is 1. The summed E-state index contributed by atoms with van der Waals surface area (Å²) in [4.78, 5) is 13.6. The fourth-order valence-corrected chi connectivity index (χ4v) is 2.43. The first-order chi connectivity index (χ1) is 8.16. The van der Waals surface area contributed by atoms with E-state index in [1.54, 1.807) is 6.92 Å². The van der Waals surface area contributed by atoms with Crippen LogP contribution in [0.1, 0.15) is 18.9 Å². The maximum Gasteiger partial charge on any atom is 0.239 e. The summed E-state index contributed by atoms with van der Waals surface area (Å²) in [6.45, 7) is 3.47. The van der Waals surface area contributed by atoms with Gasteiger partial charge in [0.1, 0.15) is 0 Å². The average molecular weight is 269 g/mol. The quantitative estimate of drug-likeness (QED) is 0.909. The van der Waals surface area contributed by atoms with Crippen molar-refractivity contribution in [1.29, 1.82) is 0 Å². The van der Waals surface area contributed by atoms with E-state index in [-0.39, 0.29) is 24.4 Å². The molecule has 2 N–H and O–H groups in total. The van der Waals surface area contributed by atoms with Gasteiger partial charge in [-0.05, 0) is 31.2 Å². The molecule has 0 spiro atoms. The summed E-state index contributed by atoms with van der Waals surface area (Å²) in [6, 6.07) is 10.1. The van der Waals surface area contributed by atoms with Crippen LogP contribution in [0.15, 0.2) is 30.3 Å². The van der Waals surface area contributed by atoms with E-state index in [1.807, 2.05) is 11.0 Å². The van der Waals surface area contributed by atoms with Gasteiger partial charge in [-0.2, -0.15) is 0 Å². The van der Waals surface area contributed by atoms with E-state index in [2.05, 4.69) is 24.3 Å². The molecule has 1 unspecified atom stereocenters. The maximum absolute atomic E-state index is 11.7. The number of rotatable bonds is 3. The summed E-state index contributed by atoms with van der Waals surface area (Å²) in [5.41, 5.74) is 6.98. The molecule has 1 saturated heterocycles. The predicted molar refractivity (Wildman–Crippen MR) is 75.7 cm³/mol. The fourth-order valence-electron chi connectivity index (χ4n) is 2.43. The second kappa shape index (κ2) is 6.76.